The summed E-state index contributed by atoms with van der Waals surface area (Å²) < 4.78 is 10.2. The maximum absolute atomic E-state index is 11.6. The van der Waals surface area contributed by atoms with Gasteiger partial charge in [0.15, 0.2) is 18.2 Å². The second-order valence-corrected chi connectivity index (χ2v) is 5.45. The van der Waals surface area contributed by atoms with Gasteiger partial charge in [-0.25, -0.2) is 14.6 Å². The van der Waals surface area contributed by atoms with Crippen LogP contribution in [0.1, 0.15) is 6.92 Å². The van der Waals surface area contributed by atoms with Gasteiger partial charge in [-0.2, -0.15) is 0 Å². The van der Waals surface area contributed by atoms with E-state index in [9.17, 15) is 29.7 Å². The van der Waals surface area contributed by atoms with Crippen molar-refractivity contribution >= 4 is 31.9 Å². The maximum atomic E-state index is 11.6. The van der Waals surface area contributed by atoms with E-state index in [-0.39, 0.29) is 0 Å². The number of carbonyl (C=O) groups excluding carboxylic acids is 2. The minimum atomic E-state index is -1.71. The van der Waals surface area contributed by atoms with E-state index in [0.717, 1.165) is 13.0 Å². The number of ether oxygens (including phenoxy) is 2. The Kier molecular flexibility index (Phi) is 7.87. The van der Waals surface area contributed by atoms with Crippen LogP contribution >= 0.6 is 0 Å². The van der Waals surface area contributed by atoms with Crippen molar-refractivity contribution in [1.29, 1.82) is 0 Å². The molecule has 1 aliphatic rings. The molecule has 0 saturated carbocycles. The van der Waals surface area contributed by atoms with E-state index in [0.29, 0.717) is 0 Å². The summed E-state index contributed by atoms with van der Waals surface area (Å²) in [5.41, 5.74) is 10.7. The number of aliphatic hydroxyl groups is 2. The molecule has 13 nitrogen and oxygen atoms in total. The molecule has 1 aliphatic heterocycles. The van der Waals surface area contributed by atoms with Gasteiger partial charge in [-0.1, -0.05) is 0 Å². The Balaban J connectivity index is 3.43. The number of aliphatic carboxylic acids is 1. The van der Waals surface area contributed by atoms with Crippen molar-refractivity contribution in [2.75, 3.05) is 6.61 Å². The van der Waals surface area contributed by atoms with E-state index >= 15 is 0 Å². The summed E-state index contributed by atoms with van der Waals surface area (Å²) in [5.74, 6) is -3.12. The van der Waals surface area contributed by atoms with Crippen LogP contribution in [0.3, 0.4) is 0 Å². The lowest BCUT2D eigenvalue weighted by molar-refractivity contribution is -0.145. The second kappa shape index (κ2) is 9.63. The van der Waals surface area contributed by atoms with Crippen LogP contribution in [0.5, 0.6) is 0 Å². The smallest absolute Gasteiger partial charge is 0.394 e. The van der Waals surface area contributed by atoms with Crippen LogP contribution in [0.2, 0.25) is 0 Å². The number of nitrogens with zero attached hydrogens (tertiary/aromatic N) is 1. The van der Waals surface area contributed by atoms with Crippen molar-refractivity contribution < 1.29 is 39.2 Å². The predicted octanol–water partition coefficient (Wildman–Crippen LogP) is -3.97. The van der Waals surface area contributed by atoms with Crippen molar-refractivity contribution in [3.8, 4) is 0 Å². The zero-order valence-electron chi connectivity index (χ0n) is 14.2. The summed E-state index contributed by atoms with van der Waals surface area (Å²) in [6.45, 7) is 0.277. The van der Waals surface area contributed by atoms with Gasteiger partial charge in [-0.3, -0.25) is 4.79 Å². The first kappa shape index (κ1) is 22.0. The molecule has 148 valence electrons. The van der Waals surface area contributed by atoms with Gasteiger partial charge in [0.05, 0.1) is 18.7 Å². The Morgan fingerprint density at radius 2 is 2.07 bits per heavy atom. The van der Waals surface area contributed by atoms with Gasteiger partial charge in [-0.05, 0) is 6.08 Å². The predicted molar refractivity (Wildman–Crippen MR) is 90.0 cm³/mol. The number of nitrogens with two attached hydrogens (primary N) is 2. The largest absolute Gasteiger partial charge is 0.477 e. The summed E-state index contributed by atoms with van der Waals surface area (Å²) in [7, 11) is 4.94. The molecule has 0 bridgehead atoms. The number of amides is 2. The first-order chi connectivity index (χ1) is 12.6. The topological polar surface area (TPSA) is 219 Å². The van der Waals surface area contributed by atoms with Gasteiger partial charge in [0, 0.05) is 6.92 Å². The molecule has 0 aliphatic carbocycles. The van der Waals surface area contributed by atoms with E-state index < -0.39 is 66.7 Å². The molecule has 0 aromatic heterocycles. The van der Waals surface area contributed by atoms with Crippen LogP contribution in [0.15, 0.2) is 16.8 Å². The van der Waals surface area contributed by atoms with E-state index in [4.69, 9.17) is 28.9 Å². The summed E-state index contributed by atoms with van der Waals surface area (Å²) in [5, 5.41) is 32.6. The van der Waals surface area contributed by atoms with Crippen LogP contribution in [-0.4, -0.2) is 84.2 Å². The number of aliphatic hydroxyl groups excluding tert-OH is 2. The average Bonchev–Trinajstić information content (AvgIpc) is 2.59. The van der Waals surface area contributed by atoms with Crippen LogP contribution < -0.4 is 22.0 Å². The van der Waals surface area contributed by atoms with Crippen molar-refractivity contribution in [3.05, 3.63) is 11.8 Å². The number of hydrogen-bond acceptors (Lipinski definition) is 8. The number of guanidine groups is 1. The third-order valence-corrected chi connectivity index (χ3v) is 3.44. The highest BCUT2D eigenvalue weighted by Crippen LogP contribution is 2.26. The minimum absolute atomic E-state index is 0.420. The molecule has 9 N–H and O–H groups in total. The van der Waals surface area contributed by atoms with Crippen LogP contribution in [-0.2, 0) is 19.1 Å². The lowest BCUT2D eigenvalue weighted by Gasteiger charge is -2.39. The Bertz CT molecular complexity index is 638. The number of carbonyl (C=O) groups is 3. The fraction of sp³-hybridized carbons (Fsp3) is 0.538. The third kappa shape index (κ3) is 6.04. The third-order valence-electron chi connectivity index (χ3n) is 3.44. The highest BCUT2D eigenvalue weighted by atomic mass is 16.6. The lowest BCUT2D eigenvalue weighted by Crippen LogP contribution is -2.61. The zero-order valence-corrected chi connectivity index (χ0v) is 14.2. The van der Waals surface area contributed by atoms with Crippen molar-refractivity contribution in [3.63, 3.8) is 0 Å². The van der Waals surface area contributed by atoms with Gasteiger partial charge in [0.1, 0.15) is 6.10 Å². The number of rotatable bonds is 7. The molecule has 5 atom stereocenters. The van der Waals surface area contributed by atoms with Gasteiger partial charge in [-0.15, -0.1) is 0 Å². The van der Waals surface area contributed by atoms with Gasteiger partial charge >= 0.3 is 12.1 Å². The summed E-state index contributed by atoms with van der Waals surface area (Å²) in [4.78, 5) is 38.3. The van der Waals surface area contributed by atoms with E-state index in [1.54, 1.807) is 5.23 Å². The molecule has 1 heterocycles. The molecule has 1 rings (SSSR count). The number of hydrogen-bond donors (Lipinski definition) is 7. The molecular formula is C13H20BN5O8. The molecule has 0 fully saturated rings. The summed E-state index contributed by atoms with van der Waals surface area (Å²) >= 11 is 0. The zero-order chi connectivity index (χ0) is 20.7. The Morgan fingerprint density at radius 3 is 2.52 bits per heavy atom. The number of carboxylic acids is 1. The highest BCUT2D eigenvalue weighted by Gasteiger charge is 2.46. The number of carboxylic acid groups (broad SMARTS) is 1. The monoisotopic (exact) mass is 385 g/mol. The highest BCUT2D eigenvalue weighted by molar-refractivity contribution is 6.12. The molecule has 14 heteroatoms. The Morgan fingerprint density at radius 1 is 1.44 bits per heavy atom. The number of aliphatic imine (C=N–C) groups is 1. The Hall–Kier alpha value is -3.00. The van der Waals surface area contributed by atoms with E-state index in [1.807, 2.05) is 0 Å². The molecule has 0 spiro atoms. The van der Waals surface area contributed by atoms with Gasteiger partial charge in [0.25, 0.3) is 0 Å². The lowest BCUT2D eigenvalue weighted by atomic mass is 9.92. The van der Waals surface area contributed by atoms with Crippen LogP contribution in [0, 0.1) is 0 Å². The van der Waals surface area contributed by atoms with E-state index in [1.165, 1.54) is 0 Å². The molecule has 2 radical (unpaired) electrons. The van der Waals surface area contributed by atoms with Gasteiger partial charge < -0.3 is 46.8 Å². The van der Waals surface area contributed by atoms with Crippen LogP contribution in [0.4, 0.5) is 4.79 Å². The molecule has 0 unspecified atom stereocenters. The molecule has 27 heavy (non-hydrogen) atoms. The quantitative estimate of drug-likeness (QED) is 0.128. The maximum Gasteiger partial charge on any atom is 0.394 e. The first-order valence-corrected chi connectivity index (χ1v) is 7.54. The van der Waals surface area contributed by atoms with Crippen molar-refractivity contribution in [1.82, 2.24) is 10.5 Å². The molecule has 0 aromatic carbocycles. The molecule has 2 amide bonds. The van der Waals surface area contributed by atoms with Gasteiger partial charge in [0.2, 0.25) is 19.6 Å². The average molecular weight is 385 g/mol. The summed E-state index contributed by atoms with van der Waals surface area (Å²) in [6.07, 6.45) is -5.02. The molecular weight excluding hydrogens is 365 g/mol. The minimum Gasteiger partial charge on any atom is -0.477 e. The second-order valence-electron chi connectivity index (χ2n) is 5.45. The Labute approximate surface area is 154 Å². The number of nitrogens with one attached hydrogen (secondary N) is 2. The molecule has 0 aromatic rings. The fourth-order valence-corrected chi connectivity index (χ4v) is 2.42. The normalized spacial score (nSPS) is 23.7. The van der Waals surface area contributed by atoms with E-state index in [2.05, 4.69) is 10.3 Å². The summed E-state index contributed by atoms with van der Waals surface area (Å²) in [6, 6.07) is -2.30. The standard InChI is InChI=1S/C13H20BN5O8/c1-4(21)17-8-5(18-12(15)16)2-7(11(23)24)26-10(8)9(6(22)3-20)27-13(25)19-14/h2,5-6,8-10,20,22H,3H2,1H3,(H,17,21)(H,19,25)(H,23,24)(H4,15,16,18)/t5-,6+,8+,9+,10+/m0/s1. The van der Waals surface area contributed by atoms with Crippen molar-refractivity contribution in [2.24, 2.45) is 16.5 Å². The van der Waals surface area contributed by atoms with Crippen molar-refractivity contribution in [2.45, 2.75) is 37.3 Å². The van der Waals surface area contributed by atoms with Crippen LogP contribution in [0.25, 0.3) is 0 Å². The SMILES string of the molecule is [B]NC(=O)O[C@@H]([C@@H]1OC(C(=O)O)=C[C@H](N=C(N)N)[C@H]1NC(C)=O)[C@H](O)CO. The molecule has 0 saturated heterocycles. The fourth-order valence-electron chi connectivity index (χ4n) is 2.42. The first-order valence-electron chi connectivity index (χ1n) is 7.54.